The van der Waals surface area contributed by atoms with Gasteiger partial charge in [-0.05, 0) is 27.9 Å². The molecule has 0 aromatic carbocycles. The van der Waals surface area contributed by atoms with Gasteiger partial charge in [0.25, 0.3) is 0 Å². The van der Waals surface area contributed by atoms with Gasteiger partial charge in [-0.25, -0.2) is 4.98 Å². The Morgan fingerprint density at radius 1 is 1.50 bits per heavy atom. The Bertz CT molecular complexity index is 347. The zero-order valence-corrected chi connectivity index (χ0v) is 9.55. The monoisotopic (exact) mass is 214 g/mol. The molecule has 0 amide bonds. The number of rotatable bonds is 3. The van der Waals surface area contributed by atoms with E-state index in [0.29, 0.717) is 0 Å². The molecule has 1 aromatic rings. The van der Waals surface area contributed by atoms with Crippen LogP contribution in [0.4, 0.5) is 0 Å². The van der Waals surface area contributed by atoms with Crippen LogP contribution in [0.2, 0.25) is 0 Å². The summed E-state index contributed by atoms with van der Waals surface area (Å²) >= 11 is 1.45. The standard InChI is InChI=1S/C9H14N2O2S/c1-5-8(14-6(2)10-5)7(9(12)13)11(3)4/h7H,1-4H3,(H,12,13). The van der Waals surface area contributed by atoms with Gasteiger partial charge < -0.3 is 5.11 Å². The maximum Gasteiger partial charge on any atom is 0.326 e. The van der Waals surface area contributed by atoms with Crippen molar-refractivity contribution >= 4 is 17.3 Å². The van der Waals surface area contributed by atoms with Crippen LogP contribution in [0.5, 0.6) is 0 Å². The van der Waals surface area contributed by atoms with Crippen molar-refractivity contribution in [1.29, 1.82) is 0 Å². The van der Waals surface area contributed by atoms with Crippen molar-refractivity contribution in [1.82, 2.24) is 9.88 Å². The maximum absolute atomic E-state index is 11.0. The number of hydrogen-bond donors (Lipinski definition) is 1. The third-order valence-corrected chi connectivity index (χ3v) is 3.06. The number of carboxylic acids is 1. The summed E-state index contributed by atoms with van der Waals surface area (Å²) in [5, 5.41) is 9.98. The van der Waals surface area contributed by atoms with Crippen LogP contribution in [0, 0.1) is 13.8 Å². The zero-order valence-electron chi connectivity index (χ0n) is 8.74. The van der Waals surface area contributed by atoms with Crippen molar-refractivity contribution in [3.63, 3.8) is 0 Å². The fourth-order valence-corrected chi connectivity index (χ4v) is 2.49. The van der Waals surface area contributed by atoms with Gasteiger partial charge in [0.15, 0.2) is 0 Å². The van der Waals surface area contributed by atoms with Crippen molar-refractivity contribution in [2.45, 2.75) is 19.9 Å². The van der Waals surface area contributed by atoms with E-state index in [1.807, 2.05) is 13.8 Å². The smallest absolute Gasteiger partial charge is 0.326 e. The van der Waals surface area contributed by atoms with Gasteiger partial charge in [-0.2, -0.15) is 0 Å². The van der Waals surface area contributed by atoms with E-state index in [2.05, 4.69) is 4.98 Å². The molecule has 78 valence electrons. The minimum Gasteiger partial charge on any atom is -0.480 e. The van der Waals surface area contributed by atoms with Crippen LogP contribution in [0.1, 0.15) is 21.6 Å². The summed E-state index contributed by atoms with van der Waals surface area (Å²) in [5.74, 6) is -0.832. The fourth-order valence-electron chi connectivity index (χ4n) is 1.37. The van der Waals surface area contributed by atoms with Gasteiger partial charge in [0, 0.05) is 0 Å². The minimum atomic E-state index is -0.832. The Kier molecular flexibility index (Phi) is 3.23. The van der Waals surface area contributed by atoms with Crippen molar-refractivity contribution in [3.8, 4) is 0 Å². The van der Waals surface area contributed by atoms with Gasteiger partial charge in [0.1, 0.15) is 6.04 Å². The van der Waals surface area contributed by atoms with E-state index in [0.717, 1.165) is 15.6 Å². The number of hydrogen-bond acceptors (Lipinski definition) is 4. The molecule has 0 aliphatic carbocycles. The number of aliphatic carboxylic acids is 1. The lowest BCUT2D eigenvalue weighted by Gasteiger charge is -2.18. The van der Waals surface area contributed by atoms with Crippen molar-refractivity contribution in [2.24, 2.45) is 0 Å². The Labute approximate surface area is 87.2 Å². The first-order valence-corrected chi connectivity index (χ1v) is 5.08. The molecule has 0 bridgehead atoms. The molecule has 5 heteroatoms. The first-order valence-electron chi connectivity index (χ1n) is 4.26. The molecule has 0 aliphatic rings. The van der Waals surface area contributed by atoms with Gasteiger partial charge >= 0.3 is 5.97 Å². The largest absolute Gasteiger partial charge is 0.480 e. The normalized spacial score (nSPS) is 13.2. The zero-order chi connectivity index (χ0) is 10.9. The van der Waals surface area contributed by atoms with Crippen molar-refractivity contribution in [2.75, 3.05) is 14.1 Å². The number of carbonyl (C=O) groups is 1. The first kappa shape index (κ1) is 11.1. The van der Waals surface area contributed by atoms with Crippen LogP contribution >= 0.6 is 11.3 Å². The van der Waals surface area contributed by atoms with E-state index in [4.69, 9.17) is 5.11 Å². The summed E-state index contributed by atoms with van der Waals surface area (Å²) in [6.45, 7) is 3.73. The molecule has 1 atom stereocenters. The summed E-state index contributed by atoms with van der Waals surface area (Å²) in [4.78, 5) is 17.8. The second-order valence-electron chi connectivity index (χ2n) is 3.39. The van der Waals surface area contributed by atoms with E-state index >= 15 is 0 Å². The van der Waals surface area contributed by atoms with E-state index in [-0.39, 0.29) is 0 Å². The number of likely N-dealkylation sites (N-methyl/N-ethyl adjacent to an activating group) is 1. The summed E-state index contributed by atoms with van der Waals surface area (Å²) in [6, 6.07) is -0.582. The van der Waals surface area contributed by atoms with Crippen LogP contribution in [0.3, 0.4) is 0 Å². The third-order valence-electron chi connectivity index (χ3n) is 1.94. The van der Waals surface area contributed by atoms with Crippen LogP contribution in [-0.2, 0) is 4.79 Å². The molecule has 0 saturated carbocycles. The molecule has 0 aliphatic heterocycles. The topological polar surface area (TPSA) is 53.4 Å². The minimum absolute atomic E-state index is 0.582. The summed E-state index contributed by atoms with van der Waals surface area (Å²) < 4.78 is 0. The highest BCUT2D eigenvalue weighted by Gasteiger charge is 2.26. The highest BCUT2D eigenvalue weighted by atomic mass is 32.1. The Hall–Kier alpha value is -0.940. The Morgan fingerprint density at radius 3 is 2.36 bits per heavy atom. The average molecular weight is 214 g/mol. The van der Waals surface area contributed by atoms with Crippen LogP contribution in [0.15, 0.2) is 0 Å². The Balaban J connectivity index is 3.11. The lowest BCUT2D eigenvalue weighted by atomic mass is 10.2. The lowest BCUT2D eigenvalue weighted by molar-refractivity contribution is -0.142. The predicted octanol–water partition coefficient (Wildman–Crippen LogP) is 1.45. The second kappa shape index (κ2) is 4.06. The summed E-state index contributed by atoms with van der Waals surface area (Å²) in [6.07, 6.45) is 0. The average Bonchev–Trinajstić information content (AvgIpc) is 2.29. The molecule has 1 heterocycles. The van der Waals surface area contributed by atoms with Crippen LogP contribution in [0.25, 0.3) is 0 Å². The lowest BCUT2D eigenvalue weighted by Crippen LogP contribution is -2.27. The Morgan fingerprint density at radius 2 is 2.07 bits per heavy atom. The van der Waals surface area contributed by atoms with Crippen molar-refractivity contribution < 1.29 is 9.90 Å². The molecule has 0 fully saturated rings. The first-order chi connectivity index (χ1) is 6.43. The van der Waals surface area contributed by atoms with E-state index < -0.39 is 12.0 Å². The molecule has 4 nitrogen and oxygen atoms in total. The third kappa shape index (κ3) is 2.10. The molecule has 1 aromatic heterocycles. The quantitative estimate of drug-likeness (QED) is 0.827. The summed E-state index contributed by atoms with van der Waals surface area (Å²) in [5.41, 5.74) is 0.814. The fraction of sp³-hybridized carbons (Fsp3) is 0.556. The predicted molar refractivity (Wildman–Crippen MR) is 55.7 cm³/mol. The van der Waals surface area contributed by atoms with E-state index in [9.17, 15) is 4.79 Å². The summed E-state index contributed by atoms with van der Waals surface area (Å²) in [7, 11) is 3.51. The number of aromatic nitrogens is 1. The molecule has 1 rings (SSSR count). The molecule has 0 spiro atoms. The molecule has 1 unspecified atom stereocenters. The molecular formula is C9H14N2O2S. The number of thiazole rings is 1. The van der Waals surface area contributed by atoms with E-state index in [1.54, 1.807) is 19.0 Å². The van der Waals surface area contributed by atoms with Crippen LogP contribution in [-0.4, -0.2) is 35.1 Å². The molecule has 0 radical (unpaired) electrons. The van der Waals surface area contributed by atoms with Gasteiger partial charge in [0.05, 0.1) is 15.6 Å². The molecule has 14 heavy (non-hydrogen) atoms. The van der Waals surface area contributed by atoms with Gasteiger partial charge in [-0.1, -0.05) is 0 Å². The van der Waals surface area contributed by atoms with E-state index in [1.165, 1.54) is 11.3 Å². The van der Waals surface area contributed by atoms with Gasteiger partial charge in [-0.15, -0.1) is 11.3 Å². The van der Waals surface area contributed by atoms with Gasteiger partial charge in [-0.3, -0.25) is 9.69 Å². The van der Waals surface area contributed by atoms with Crippen LogP contribution < -0.4 is 0 Å². The number of carboxylic acid groups (broad SMARTS) is 1. The SMILES string of the molecule is Cc1nc(C)c(C(C(=O)O)N(C)C)s1. The number of aryl methyl sites for hydroxylation is 2. The molecule has 1 N–H and O–H groups in total. The number of nitrogens with zero attached hydrogens (tertiary/aromatic N) is 2. The highest BCUT2D eigenvalue weighted by molar-refractivity contribution is 7.11. The molecule has 0 saturated heterocycles. The highest BCUT2D eigenvalue weighted by Crippen LogP contribution is 2.27. The maximum atomic E-state index is 11.0. The van der Waals surface area contributed by atoms with Crippen molar-refractivity contribution in [3.05, 3.63) is 15.6 Å². The van der Waals surface area contributed by atoms with Gasteiger partial charge in [0.2, 0.25) is 0 Å². The second-order valence-corrected chi connectivity index (χ2v) is 4.62. The molecular weight excluding hydrogens is 200 g/mol.